The molecule has 0 fully saturated rings. The van der Waals surface area contributed by atoms with E-state index in [1.165, 1.54) is 0 Å². The van der Waals surface area contributed by atoms with Crippen molar-refractivity contribution in [1.29, 1.82) is 0 Å². The number of aryl methyl sites for hydroxylation is 1. The summed E-state index contributed by atoms with van der Waals surface area (Å²) in [4.78, 5) is 14.7. The molecule has 0 heterocycles. The highest BCUT2D eigenvalue weighted by molar-refractivity contribution is 9.10. The molecule has 0 spiro atoms. The molecule has 0 radical (unpaired) electrons. The number of hydrogen-bond donors (Lipinski definition) is 0. The third-order valence-electron chi connectivity index (χ3n) is 3.49. The van der Waals surface area contributed by atoms with Gasteiger partial charge in [-0.3, -0.25) is 4.79 Å². The number of benzene rings is 1. The Kier molecular flexibility index (Phi) is 6.56. The number of hydrogen-bond acceptors (Lipinski definition) is 1. The Morgan fingerprint density at radius 1 is 1.37 bits per heavy atom. The van der Waals surface area contributed by atoms with Crippen LogP contribution in [0.2, 0.25) is 0 Å². The molecule has 1 atom stereocenters. The maximum atomic E-state index is 12.7. The molecule has 2 nitrogen and oxygen atoms in total. The maximum absolute atomic E-state index is 12.7. The van der Waals surface area contributed by atoms with E-state index in [1.54, 1.807) is 0 Å². The monoisotopic (exact) mass is 325 g/mol. The summed E-state index contributed by atoms with van der Waals surface area (Å²) in [5, 5.41) is 0. The molecule has 0 bridgehead atoms. The molecule has 1 amide bonds. The van der Waals surface area contributed by atoms with Crippen LogP contribution < -0.4 is 0 Å². The van der Waals surface area contributed by atoms with E-state index < -0.39 is 0 Å². The lowest BCUT2D eigenvalue weighted by atomic mass is 10.1. The van der Waals surface area contributed by atoms with Crippen LogP contribution in [-0.2, 0) is 0 Å². The summed E-state index contributed by atoms with van der Waals surface area (Å²) in [6, 6.07) is 6.20. The van der Waals surface area contributed by atoms with Crippen LogP contribution in [0, 0.1) is 6.92 Å². The normalized spacial score (nSPS) is 12.3. The van der Waals surface area contributed by atoms with Crippen molar-refractivity contribution in [2.45, 2.75) is 53.0 Å². The first-order valence-corrected chi connectivity index (χ1v) is 7.87. The molecule has 1 aromatic carbocycles. The quantitative estimate of drug-likeness (QED) is 0.735. The van der Waals surface area contributed by atoms with Crippen molar-refractivity contribution in [1.82, 2.24) is 4.90 Å². The van der Waals surface area contributed by atoms with E-state index in [0.717, 1.165) is 41.4 Å². The first kappa shape index (κ1) is 16.2. The van der Waals surface area contributed by atoms with Gasteiger partial charge in [0.25, 0.3) is 5.91 Å². The molecule has 19 heavy (non-hydrogen) atoms. The van der Waals surface area contributed by atoms with Crippen molar-refractivity contribution < 1.29 is 4.79 Å². The summed E-state index contributed by atoms with van der Waals surface area (Å²) >= 11 is 3.51. The minimum absolute atomic E-state index is 0.134. The van der Waals surface area contributed by atoms with E-state index in [0.29, 0.717) is 0 Å². The Balaban J connectivity index is 2.97. The molecule has 0 aromatic heterocycles. The molecule has 1 aromatic rings. The molecule has 0 aliphatic heterocycles. The van der Waals surface area contributed by atoms with Crippen LogP contribution in [0.5, 0.6) is 0 Å². The van der Waals surface area contributed by atoms with Crippen LogP contribution in [0.1, 0.15) is 56.0 Å². The summed E-state index contributed by atoms with van der Waals surface area (Å²) in [7, 11) is 0. The smallest absolute Gasteiger partial charge is 0.255 e. The van der Waals surface area contributed by atoms with Crippen LogP contribution in [0.4, 0.5) is 0 Å². The van der Waals surface area contributed by atoms with E-state index in [4.69, 9.17) is 0 Å². The number of unbranched alkanes of at least 4 members (excludes halogenated alkanes) is 1. The van der Waals surface area contributed by atoms with Gasteiger partial charge in [-0.2, -0.15) is 0 Å². The highest BCUT2D eigenvalue weighted by atomic mass is 79.9. The van der Waals surface area contributed by atoms with Gasteiger partial charge in [0.05, 0.1) is 5.56 Å². The van der Waals surface area contributed by atoms with Crippen LogP contribution in [0.3, 0.4) is 0 Å². The fourth-order valence-electron chi connectivity index (χ4n) is 2.02. The molecule has 0 aliphatic carbocycles. The SMILES string of the molecule is CCCCN(C(=O)c1ccc(C)cc1Br)C(C)CC. The lowest BCUT2D eigenvalue weighted by Crippen LogP contribution is -2.39. The zero-order valence-corrected chi connectivity index (χ0v) is 14.0. The molecular weight excluding hydrogens is 302 g/mol. The topological polar surface area (TPSA) is 20.3 Å². The summed E-state index contributed by atoms with van der Waals surface area (Å²) in [6.07, 6.45) is 3.15. The van der Waals surface area contributed by atoms with Gasteiger partial charge in [0.2, 0.25) is 0 Å². The van der Waals surface area contributed by atoms with Crippen LogP contribution in [-0.4, -0.2) is 23.4 Å². The van der Waals surface area contributed by atoms with Gasteiger partial charge in [0.1, 0.15) is 0 Å². The van der Waals surface area contributed by atoms with Crippen molar-refractivity contribution in [3.63, 3.8) is 0 Å². The summed E-state index contributed by atoms with van der Waals surface area (Å²) in [6.45, 7) is 9.27. The van der Waals surface area contributed by atoms with E-state index in [9.17, 15) is 4.79 Å². The van der Waals surface area contributed by atoms with E-state index in [2.05, 4.69) is 36.7 Å². The van der Waals surface area contributed by atoms with E-state index >= 15 is 0 Å². The highest BCUT2D eigenvalue weighted by Crippen LogP contribution is 2.21. The molecule has 3 heteroatoms. The number of carbonyl (C=O) groups is 1. The van der Waals surface area contributed by atoms with Crippen molar-refractivity contribution in [3.05, 3.63) is 33.8 Å². The van der Waals surface area contributed by atoms with Crippen molar-refractivity contribution >= 4 is 21.8 Å². The van der Waals surface area contributed by atoms with Crippen LogP contribution in [0.25, 0.3) is 0 Å². The highest BCUT2D eigenvalue weighted by Gasteiger charge is 2.21. The second-order valence-corrected chi connectivity index (χ2v) is 5.95. The van der Waals surface area contributed by atoms with Crippen LogP contribution >= 0.6 is 15.9 Å². The average Bonchev–Trinajstić information content (AvgIpc) is 2.38. The molecule has 0 aliphatic rings. The molecule has 1 rings (SSSR count). The second-order valence-electron chi connectivity index (χ2n) is 5.09. The standard InChI is InChI=1S/C16H24BrNO/c1-5-7-10-18(13(4)6-2)16(19)14-9-8-12(3)11-15(14)17/h8-9,11,13H,5-7,10H2,1-4H3. The minimum Gasteiger partial charge on any atom is -0.336 e. The number of halogens is 1. The largest absolute Gasteiger partial charge is 0.336 e. The lowest BCUT2D eigenvalue weighted by molar-refractivity contribution is 0.0684. The summed E-state index contributed by atoms with van der Waals surface area (Å²) < 4.78 is 0.891. The Morgan fingerprint density at radius 2 is 2.05 bits per heavy atom. The molecular formula is C16H24BrNO. The Hall–Kier alpha value is -0.830. The molecule has 0 N–H and O–H groups in total. The number of nitrogens with zero attached hydrogens (tertiary/aromatic N) is 1. The molecule has 0 saturated heterocycles. The van der Waals surface area contributed by atoms with Gasteiger partial charge in [-0.25, -0.2) is 0 Å². The minimum atomic E-state index is 0.134. The third-order valence-corrected chi connectivity index (χ3v) is 4.15. The number of rotatable bonds is 6. The first-order chi connectivity index (χ1) is 9.01. The number of amides is 1. The second kappa shape index (κ2) is 7.68. The predicted octanol–water partition coefficient (Wildman–Crippen LogP) is 4.80. The fourth-order valence-corrected chi connectivity index (χ4v) is 2.68. The van der Waals surface area contributed by atoms with Gasteiger partial charge in [-0.1, -0.05) is 26.3 Å². The zero-order valence-electron chi connectivity index (χ0n) is 12.4. The molecule has 0 saturated carbocycles. The van der Waals surface area contributed by atoms with Gasteiger partial charge >= 0.3 is 0 Å². The van der Waals surface area contributed by atoms with Crippen molar-refractivity contribution in [3.8, 4) is 0 Å². The molecule has 1 unspecified atom stereocenters. The van der Waals surface area contributed by atoms with Crippen molar-refractivity contribution in [2.24, 2.45) is 0 Å². The lowest BCUT2D eigenvalue weighted by Gasteiger charge is -2.29. The molecule has 106 valence electrons. The fraction of sp³-hybridized carbons (Fsp3) is 0.562. The first-order valence-electron chi connectivity index (χ1n) is 7.08. The van der Waals surface area contributed by atoms with Gasteiger partial charge in [-0.05, 0) is 60.3 Å². The Bertz CT molecular complexity index is 431. The van der Waals surface area contributed by atoms with Crippen LogP contribution in [0.15, 0.2) is 22.7 Å². The van der Waals surface area contributed by atoms with Gasteiger partial charge in [-0.15, -0.1) is 0 Å². The van der Waals surface area contributed by atoms with Gasteiger partial charge in [0, 0.05) is 17.1 Å². The average molecular weight is 326 g/mol. The van der Waals surface area contributed by atoms with Gasteiger partial charge < -0.3 is 4.90 Å². The Labute approximate surface area is 125 Å². The maximum Gasteiger partial charge on any atom is 0.255 e. The van der Waals surface area contributed by atoms with E-state index in [1.807, 2.05) is 30.0 Å². The van der Waals surface area contributed by atoms with Gasteiger partial charge in [0.15, 0.2) is 0 Å². The summed E-state index contributed by atoms with van der Waals surface area (Å²) in [5.74, 6) is 0.134. The Morgan fingerprint density at radius 3 is 2.58 bits per heavy atom. The zero-order chi connectivity index (χ0) is 14.4. The number of carbonyl (C=O) groups excluding carboxylic acids is 1. The van der Waals surface area contributed by atoms with Crippen molar-refractivity contribution in [2.75, 3.05) is 6.54 Å². The predicted molar refractivity (Wildman–Crippen MR) is 84.6 cm³/mol. The van der Waals surface area contributed by atoms with E-state index in [-0.39, 0.29) is 11.9 Å². The summed E-state index contributed by atoms with van der Waals surface area (Å²) in [5.41, 5.74) is 1.93. The third kappa shape index (κ3) is 4.34.